The highest BCUT2D eigenvalue weighted by atomic mass is 16.6. The van der Waals surface area contributed by atoms with Crippen LogP contribution in [0.15, 0.2) is 0 Å². The zero-order chi connectivity index (χ0) is 20.8. The van der Waals surface area contributed by atoms with Crippen LogP contribution in [0.5, 0.6) is 0 Å². The smallest absolute Gasteiger partial charge is 0.409 e. The molecule has 2 atom stereocenters. The molecule has 2 amide bonds. The molecule has 29 heavy (non-hydrogen) atoms. The first-order valence-corrected chi connectivity index (χ1v) is 11.6. The van der Waals surface area contributed by atoms with Gasteiger partial charge in [0.25, 0.3) is 0 Å². The van der Waals surface area contributed by atoms with Gasteiger partial charge in [0, 0.05) is 39.3 Å². The zero-order valence-electron chi connectivity index (χ0n) is 18.6. The minimum atomic E-state index is -0.159. The third-order valence-corrected chi connectivity index (χ3v) is 6.98. The van der Waals surface area contributed by atoms with E-state index in [2.05, 4.69) is 9.80 Å². The summed E-state index contributed by atoms with van der Waals surface area (Å²) in [5, 5.41) is 0. The predicted molar refractivity (Wildman–Crippen MR) is 114 cm³/mol. The lowest BCUT2D eigenvalue weighted by Gasteiger charge is -2.45. The van der Waals surface area contributed by atoms with Crippen molar-refractivity contribution in [1.29, 1.82) is 0 Å². The van der Waals surface area contributed by atoms with Gasteiger partial charge in [-0.2, -0.15) is 0 Å². The van der Waals surface area contributed by atoms with Crippen LogP contribution < -0.4 is 0 Å². The number of hydrogen-bond acceptors (Lipinski definition) is 5. The van der Waals surface area contributed by atoms with Crippen molar-refractivity contribution in [3.05, 3.63) is 0 Å². The van der Waals surface area contributed by atoms with Crippen LogP contribution in [-0.4, -0.2) is 103 Å². The molecule has 0 N–H and O–H groups in total. The van der Waals surface area contributed by atoms with Crippen molar-refractivity contribution >= 4 is 12.0 Å². The molecular weight excluding hydrogens is 368 g/mol. The molecule has 0 aromatic rings. The van der Waals surface area contributed by atoms with E-state index in [1.165, 1.54) is 12.8 Å². The van der Waals surface area contributed by atoms with Gasteiger partial charge in [0.05, 0.1) is 12.6 Å². The molecule has 0 spiro atoms. The Kier molecular flexibility index (Phi) is 8.18. The van der Waals surface area contributed by atoms with Crippen molar-refractivity contribution in [2.45, 2.75) is 76.4 Å². The molecule has 0 aromatic heterocycles. The lowest BCUT2D eigenvalue weighted by atomic mass is 9.93. The summed E-state index contributed by atoms with van der Waals surface area (Å²) in [6, 6.07) is 1.17. The van der Waals surface area contributed by atoms with Crippen LogP contribution in [0.2, 0.25) is 0 Å². The Bertz CT molecular complexity index is 548. The first kappa shape index (κ1) is 22.3. The lowest BCUT2D eigenvalue weighted by molar-refractivity contribution is -0.137. The Labute approximate surface area is 176 Å². The molecule has 7 nitrogen and oxygen atoms in total. The average molecular weight is 409 g/mol. The summed E-state index contributed by atoms with van der Waals surface area (Å²) >= 11 is 0. The van der Waals surface area contributed by atoms with Gasteiger partial charge in [-0.05, 0) is 71.5 Å². The second kappa shape index (κ2) is 10.6. The molecule has 166 valence electrons. The maximum absolute atomic E-state index is 12.7. The van der Waals surface area contributed by atoms with Crippen LogP contribution >= 0.6 is 0 Å². The largest absolute Gasteiger partial charge is 0.450 e. The van der Waals surface area contributed by atoms with Crippen LogP contribution in [0.4, 0.5) is 4.79 Å². The Balaban J connectivity index is 1.51. The molecule has 0 bridgehead atoms. The number of amides is 2. The van der Waals surface area contributed by atoms with Crippen LogP contribution in [-0.2, 0) is 9.53 Å². The fraction of sp³-hybridized carbons (Fsp3) is 0.909. The number of piperidine rings is 2. The summed E-state index contributed by atoms with van der Waals surface area (Å²) in [5.74, 6) is 0.273. The highest BCUT2D eigenvalue weighted by Crippen LogP contribution is 2.28. The van der Waals surface area contributed by atoms with Gasteiger partial charge in [-0.15, -0.1) is 0 Å². The van der Waals surface area contributed by atoms with E-state index in [4.69, 9.17) is 4.74 Å². The maximum atomic E-state index is 12.7. The third-order valence-electron chi connectivity index (χ3n) is 6.98. The number of likely N-dealkylation sites (N-methyl/N-ethyl adjacent to an activating group) is 1. The van der Waals surface area contributed by atoms with E-state index in [0.29, 0.717) is 18.7 Å². The molecule has 7 heteroatoms. The lowest BCUT2D eigenvalue weighted by Crippen LogP contribution is -2.56. The Morgan fingerprint density at radius 2 is 1.59 bits per heavy atom. The molecule has 0 aromatic carbocycles. The van der Waals surface area contributed by atoms with E-state index >= 15 is 0 Å². The van der Waals surface area contributed by atoms with Gasteiger partial charge in [0.2, 0.25) is 5.91 Å². The predicted octanol–water partition coefficient (Wildman–Crippen LogP) is 2.40. The topological polar surface area (TPSA) is 56.3 Å². The van der Waals surface area contributed by atoms with Crippen molar-refractivity contribution in [2.24, 2.45) is 0 Å². The summed E-state index contributed by atoms with van der Waals surface area (Å²) in [7, 11) is 3.76. The van der Waals surface area contributed by atoms with Gasteiger partial charge < -0.3 is 19.4 Å². The quantitative estimate of drug-likeness (QED) is 0.715. The van der Waals surface area contributed by atoms with Crippen LogP contribution in [0.1, 0.15) is 58.3 Å². The Morgan fingerprint density at radius 1 is 0.862 bits per heavy atom. The van der Waals surface area contributed by atoms with Gasteiger partial charge >= 0.3 is 6.09 Å². The first-order valence-electron chi connectivity index (χ1n) is 11.6. The number of carbonyl (C=O) groups is 2. The molecule has 0 radical (unpaired) electrons. The summed E-state index contributed by atoms with van der Waals surface area (Å²) in [4.78, 5) is 33.5. The SMILES string of the molecule is CCOC(=O)N1CCCC(N2CCC(N3CCCCC3C(=O)N(C)C)CC2)CC1. The second-order valence-electron chi connectivity index (χ2n) is 9.02. The highest BCUT2D eigenvalue weighted by molar-refractivity contribution is 5.81. The number of likely N-dealkylation sites (tertiary alicyclic amines) is 3. The molecule has 3 aliphatic heterocycles. The number of ether oxygens (including phenoxy) is 1. The summed E-state index contributed by atoms with van der Waals surface area (Å²) in [5.41, 5.74) is 0. The highest BCUT2D eigenvalue weighted by Gasteiger charge is 2.37. The Hall–Kier alpha value is -1.34. The molecule has 3 rings (SSSR count). The van der Waals surface area contributed by atoms with Gasteiger partial charge in [-0.3, -0.25) is 9.69 Å². The minimum Gasteiger partial charge on any atom is -0.450 e. The van der Waals surface area contributed by atoms with Crippen LogP contribution in [0, 0.1) is 0 Å². The van der Waals surface area contributed by atoms with Gasteiger partial charge in [-0.1, -0.05) is 6.42 Å². The van der Waals surface area contributed by atoms with E-state index in [0.717, 1.165) is 71.2 Å². The molecule has 0 saturated carbocycles. The van der Waals surface area contributed by atoms with Crippen molar-refractivity contribution in [2.75, 3.05) is 53.4 Å². The van der Waals surface area contributed by atoms with Gasteiger partial charge in [0.1, 0.15) is 0 Å². The zero-order valence-corrected chi connectivity index (χ0v) is 18.6. The number of carbonyl (C=O) groups excluding carboxylic acids is 2. The van der Waals surface area contributed by atoms with Crippen molar-refractivity contribution < 1.29 is 14.3 Å². The molecule has 3 saturated heterocycles. The first-order chi connectivity index (χ1) is 14.0. The second-order valence-corrected chi connectivity index (χ2v) is 9.02. The van der Waals surface area contributed by atoms with Gasteiger partial charge in [0.15, 0.2) is 0 Å². The maximum Gasteiger partial charge on any atom is 0.409 e. The summed E-state index contributed by atoms with van der Waals surface area (Å²) in [6.45, 7) is 7.19. The van der Waals surface area contributed by atoms with E-state index in [9.17, 15) is 9.59 Å². The summed E-state index contributed by atoms with van der Waals surface area (Å²) in [6.07, 6.45) is 8.76. The van der Waals surface area contributed by atoms with Crippen molar-refractivity contribution in [3.8, 4) is 0 Å². The van der Waals surface area contributed by atoms with Gasteiger partial charge in [-0.25, -0.2) is 4.79 Å². The monoisotopic (exact) mass is 408 g/mol. The van der Waals surface area contributed by atoms with E-state index in [-0.39, 0.29) is 18.0 Å². The van der Waals surface area contributed by atoms with E-state index in [1.807, 2.05) is 25.9 Å². The number of rotatable bonds is 4. The molecule has 3 aliphatic rings. The fourth-order valence-corrected chi connectivity index (χ4v) is 5.38. The van der Waals surface area contributed by atoms with Crippen molar-refractivity contribution in [1.82, 2.24) is 19.6 Å². The summed E-state index contributed by atoms with van der Waals surface area (Å²) < 4.78 is 5.18. The normalized spacial score (nSPS) is 28.0. The fourth-order valence-electron chi connectivity index (χ4n) is 5.38. The van der Waals surface area contributed by atoms with Crippen molar-refractivity contribution in [3.63, 3.8) is 0 Å². The van der Waals surface area contributed by atoms with Crippen LogP contribution in [0.25, 0.3) is 0 Å². The molecule has 2 unspecified atom stereocenters. The molecule has 3 fully saturated rings. The van der Waals surface area contributed by atoms with E-state index < -0.39 is 0 Å². The van der Waals surface area contributed by atoms with Crippen LogP contribution in [0.3, 0.4) is 0 Å². The average Bonchev–Trinajstić information content (AvgIpc) is 3.00. The number of nitrogens with zero attached hydrogens (tertiary/aromatic N) is 4. The standard InChI is InChI=1S/C22H40N4O3/c1-4-29-22(28)25-13-7-8-18(10-17-25)24-15-11-19(12-16-24)26-14-6-5-9-20(26)21(27)23(2)3/h18-20H,4-17H2,1-3H3. The van der Waals surface area contributed by atoms with E-state index in [1.54, 1.807) is 4.90 Å². The minimum absolute atomic E-state index is 0.0753. The molecule has 3 heterocycles. The molecule has 0 aliphatic carbocycles. The molecular formula is C22H40N4O3. The Morgan fingerprint density at radius 3 is 2.28 bits per heavy atom. The third kappa shape index (κ3) is 5.63. The number of hydrogen-bond donors (Lipinski definition) is 0.